The van der Waals surface area contributed by atoms with Crippen molar-refractivity contribution >= 4 is 23.2 Å². The van der Waals surface area contributed by atoms with Gasteiger partial charge in [-0.2, -0.15) is 0 Å². The third kappa shape index (κ3) is 3.11. The average Bonchev–Trinajstić information content (AvgIpc) is 2.41. The van der Waals surface area contributed by atoms with E-state index in [1.54, 1.807) is 13.0 Å². The van der Waals surface area contributed by atoms with Crippen molar-refractivity contribution in [2.24, 2.45) is 0 Å². The zero-order chi connectivity index (χ0) is 15.6. The Bertz CT molecular complexity index is 733. The van der Waals surface area contributed by atoms with Crippen molar-refractivity contribution in [2.45, 2.75) is 6.92 Å². The van der Waals surface area contributed by atoms with E-state index in [9.17, 15) is 19.3 Å². The van der Waals surface area contributed by atoms with E-state index in [-0.39, 0.29) is 17.1 Å². The predicted octanol–water partition coefficient (Wildman–Crippen LogP) is 2.88. The second kappa shape index (κ2) is 5.53. The fourth-order valence-corrected chi connectivity index (χ4v) is 1.65. The lowest BCUT2D eigenvalue weighted by atomic mass is 10.2. The smallest absolute Gasteiger partial charge is 0.337 e. The van der Waals surface area contributed by atoms with E-state index in [2.05, 4.69) is 10.3 Å². The van der Waals surface area contributed by atoms with Gasteiger partial charge in [0.1, 0.15) is 5.82 Å². The van der Waals surface area contributed by atoms with Crippen LogP contribution in [0.1, 0.15) is 15.9 Å². The number of carboxylic acids is 1. The first-order valence-electron chi connectivity index (χ1n) is 5.79. The van der Waals surface area contributed by atoms with E-state index in [1.807, 2.05) is 0 Å². The van der Waals surface area contributed by atoms with Gasteiger partial charge in [0, 0.05) is 12.3 Å². The Morgan fingerprint density at radius 1 is 1.43 bits per heavy atom. The maximum Gasteiger partial charge on any atom is 0.337 e. The van der Waals surface area contributed by atoms with Crippen LogP contribution in [-0.4, -0.2) is 21.0 Å². The molecule has 21 heavy (non-hydrogen) atoms. The van der Waals surface area contributed by atoms with Crippen molar-refractivity contribution in [3.05, 3.63) is 57.5 Å². The SMILES string of the molecule is Cc1ccc(Nc2ncc(C(=O)O)cc2[N+](=O)[O-])c(F)c1. The lowest BCUT2D eigenvalue weighted by Gasteiger charge is -2.08. The van der Waals surface area contributed by atoms with Crippen LogP contribution in [0.3, 0.4) is 0 Å². The summed E-state index contributed by atoms with van der Waals surface area (Å²) in [5.74, 6) is -2.15. The molecule has 0 unspecified atom stereocenters. The van der Waals surface area contributed by atoms with Gasteiger partial charge in [-0.3, -0.25) is 10.1 Å². The molecule has 0 spiro atoms. The molecule has 0 aliphatic rings. The van der Waals surface area contributed by atoms with Crippen molar-refractivity contribution in [2.75, 3.05) is 5.32 Å². The molecule has 1 aromatic carbocycles. The lowest BCUT2D eigenvalue weighted by Crippen LogP contribution is -2.05. The van der Waals surface area contributed by atoms with Gasteiger partial charge >= 0.3 is 11.7 Å². The highest BCUT2D eigenvalue weighted by molar-refractivity contribution is 5.89. The van der Waals surface area contributed by atoms with Gasteiger partial charge in [0.05, 0.1) is 16.2 Å². The molecule has 1 heterocycles. The van der Waals surface area contributed by atoms with Crippen LogP contribution in [0.4, 0.5) is 21.6 Å². The predicted molar refractivity (Wildman–Crippen MR) is 72.3 cm³/mol. The normalized spacial score (nSPS) is 10.2. The van der Waals surface area contributed by atoms with E-state index < -0.39 is 22.4 Å². The van der Waals surface area contributed by atoms with E-state index in [0.29, 0.717) is 5.56 Å². The maximum atomic E-state index is 13.7. The minimum absolute atomic E-state index is 0.0132. The fraction of sp³-hybridized carbons (Fsp3) is 0.0769. The molecule has 0 fully saturated rings. The Morgan fingerprint density at radius 3 is 2.71 bits per heavy atom. The minimum atomic E-state index is -1.33. The molecule has 1 aromatic heterocycles. The summed E-state index contributed by atoms with van der Waals surface area (Å²) in [6.07, 6.45) is 0.962. The van der Waals surface area contributed by atoms with Crippen molar-refractivity contribution in [1.29, 1.82) is 0 Å². The minimum Gasteiger partial charge on any atom is -0.478 e. The van der Waals surface area contributed by atoms with Gasteiger partial charge in [0.25, 0.3) is 0 Å². The molecule has 8 heteroatoms. The van der Waals surface area contributed by atoms with E-state index in [4.69, 9.17) is 5.11 Å². The molecule has 0 saturated heterocycles. The van der Waals surface area contributed by atoms with Gasteiger partial charge in [0.15, 0.2) is 0 Å². The van der Waals surface area contributed by atoms with E-state index >= 15 is 0 Å². The Hall–Kier alpha value is -3.03. The molecule has 2 aromatic rings. The number of aromatic carboxylic acids is 1. The number of hydrogen-bond acceptors (Lipinski definition) is 5. The molecule has 0 amide bonds. The first kappa shape index (κ1) is 14.4. The molecular formula is C13H10FN3O4. The number of carboxylic acid groups (broad SMARTS) is 1. The third-order valence-electron chi connectivity index (χ3n) is 2.69. The van der Waals surface area contributed by atoms with Gasteiger partial charge in [0.2, 0.25) is 5.82 Å². The first-order valence-corrected chi connectivity index (χ1v) is 5.79. The number of halogens is 1. The fourth-order valence-electron chi connectivity index (χ4n) is 1.65. The summed E-state index contributed by atoms with van der Waals surface area (Å²) in [6, 6.07) is 5.17. The number of aromatic nitrogens is 1. The molecule has 0 aliphatic carbocycles. The monoisotopic (exact) mass is 291 g/mol. The zero-order valence-electron chi connectivity index (χ0n) is 10.8. The lowest BCUT2D eigenvalue weighted by molar-refractivity contribution is -0.384. The summed E-state index contributed by atoms with van der Waals surface area (Å²) in [5, 5.41) is 22.3. The highest BCUT2D eigenvalue weighted by Gasteiger charge is 2.19. The average molecular weight is 291 g/mol. The van der Waals surface area contributed by atoms with Crippen molar-refractivity contribution in [3.63, 3.8) is 0 Å². The Kier molecular flexibility index (Phi) is 3.79. The quantitative estimate of drug-likeness (QED) is 0.662. The topological polar surface area (TPSA) is 105 Å². The van der Waals surface area contributed by atoms with Crippen LogP contribution in [0.2, 0.25) is 0 Å². The number of pyridine rings is 1. The molecule has 7 nitrogen and oxygen atoms in total. The Morgan fingerprint density at radius 2 is 2.14 bits per heavy atom. The second-order valence-electron chi connectivity index (χ2n) is 4.26. The van der Waals surface area contributed by atoms with Gasteiger partial charge in [-0.25, -0.2) is 14.2 Å². The molecule has 0 atom stereocenters. The third-order valence-corrected chi connectivity index (χ3v) is 2.69. The second-order valence-corrected chi connectivity index (χ2v) is 4.26. The highest BCUT2D eigenvalue weighted by atomic mass is 19.1. The molecule has 0 aliphatic heterocycles. The van der Waals surface area contributed by atoms with Crippen molar-refractivity contribution < 1.29 is 19.2 Å². The summed E-state index contributed by atoms with van der Waals surface area (Å²) in [5.41, 5.74) is -0.160. The van der Waals surface area contributed by atoms with Crippen LogP contribution >= 0.6 is 0 Å². The number of nitro groups is 1. The highest BCUT2D eigenvalue weighted by Crippen LogP contribution is 2.27. The number of anilines is 2. The van der Waals surface area contributed by atoms with Crippen LogP contribution < -0.4 is 5.32 Å². The first-order chi connectivity index (χ1) is 9.88. The number of nitrogens with zero attached hydrogens (tertiary/aromatic N) is 2. The van der Waals surface area contributed by atoms with E-state index in [1.165, 1.54) is 12.1 Å². The summed E-state index contributed by atoms with van der Waals surface area (Å²) in [7, 11) is 0. The Labute approximate surface area is 118 Å². The number of carbonyl (C=O) groups is 1. The molecule has 0 radical (unpaired) electrons. The largest absolute Gasteiger partial charge is 0.478 e. The molecule has 0 bridgehead atoms. The summed E-state index contributed by atoms with van der Waals surface area (Å²) in [4.78, 5) is 24.7. The number of hydrogen-bond donors (Lipinski definition) is 2. The maximum absolute atomic E-state index is 13.7. The van der Waals surface area contributed by atoms with Crippen LogP contribution in [0.5, 0.6) is 0 Å². The number of nitrogens with one attached hydrogen (secondary N) is 1. The van der Waals surface area contributed by atoms with Crippen LogP contribution in [0.15, 0.2) is 30.5 Å². The van der Waals surface area contributed by atoms with Gasteiger partial charge in [-0.05, 0) is 24.6 Å². The molecule has 2 rings (SSSR count). The molecule has 108 valence electrons. The number of benzene rings is 1. The van der Waals surface area contributed by atoms with Crippen molar-refractivity contribution in [3.8, 4) is 0 Å². The molecule has 0 saturated carbocycles. The number of aryl methyl sites for hydroxylation is 1. The number of rotatable bonds is 4. The molecular weight excluding hydrogens is 281 g/mol. The zero-order valence-corrected chi connectivity index (χ0v) is 10.8. The Balaban J connectivity index is 2.44. The summed E-state index contributed by atoms with van der Waals surface area (Å²) < 4.78 is 13.7. The van der Waals surface area contributed by atoms with Crippen LogP contribution in [0.25, 0.3) is 0 Å². The van der Waals surface area contributed by atoms with Gasteiger partial charge in [-0.1, -0.05) is 6.07 Å². The van der Waals surface area contributed by atoms with Crippen LogP contribution in [0, 0.1) is 22.9 Å². The van der Waals surface area contributed by atoms with Crippen LogP contribution in [-0.2, 0) is 0 Å². The summed E-state index contributed by atoms with van der Waals surface area (Å²) in [6.45, 7) is 1.70. The van der Waals surface area contributed by atoms with E-state index in [0.717, 1.165) is 12.3 Å². The standard InChI is InChI=1S/C13H10FN3O4/c1-7-2-3-10(9(14)4-7)16-12-11(17(20)21)5-8(6-15-12)13(18)19/h2-6H,1H3,(H,15,16)(H,18,19). The molecule has 2 N–H and O–H groups in total. The van der Waals surface area contributed by atoms with Gasteiger partial charge in [-0.15, -0.1) is 0 Å². The summed E-state index contributed by atoms with van der Waals surface area (Å²) >= 11 is 0. The van der Waals surface area contributed by atoms with Gasteiger partial charge < -0.3 is 10.4 Å². The van der Waals surface area contributed by atoms with Crippen molar-refractivity contribution in [1.82, 2.24) is 4.98 Å².